The Labute approximate surface area is 111 Å². The number of ether oxygens (including phenoxy) is 1. The minimum Gasteiger partial charge on any atom is -0.479 e. The van der Waals surface area contributed by atoms with Crippen molar-refractivity contribution in [2.24, 2.45) is 5.92 Å². The number of thioether (sulfide) groups is 1. The number of carbonyl (C=O) groups is 2. The number of hydrogen-bond acceptors (Lipinski definition) is 4. The van der Waals surface area contributed by atoms with Crippen molar-refractivity contribution in [3.05, 3.63) is 0 Å². The second-order valence-electron chi connectivity index (χ2n) is 4.21. The number of amides is 2. The zero-order valence-corrected chi connectivity index (χ0v) is 11.3. The molecule has 1 unspecified atom stereocenters. The molecule has 1 fully saturated rings. The highest BCUT2D eigenvalue weighted by atomic mass is 32.2. The molecule has 1 rings (SSSR count). The van der Waals surface area contributed by atoms with E-state index in [1.807, 2.05) is 11.8 Å². The molecule has 1 atom stereocenters. The third-order valence-electron chi connectivity index (χ3n) is 2.90. The number of carboxylic acid groups (broad SMARTS) is 1. The van der Waals surface area contributed by atoms with E-state index >= 15 is 0 Å². The molecule has 0 aliphatic carbocycles. The molecule has 1 aliphatic rings. The van der Waals surface area contributed by atoms with E-state index in [2.05, 4.69) is 10.6 Å². The van der Waals surface area contributed by atoms with Crippen molar-refractivity contribution in [3.63, 3.8) is 0 Å². The third-order valence-corrected chi connectivity index (χ3v) is 3.95. The van der Waals surface area contributed by atoms with Gasteiger partial charge in [-0.1, -0.05) is 0 Å². The Morgan fingerprint density at radius 2 is 2.06 bits per heavy atom. The molecule has 2 amide bonds. The van der Waals surface area contributed by atoms with Crippen LogP contribution in [0, 0.1) is 5.92 Å². The summed E-state index contributed by atoms with van der Waals surface area (Å²) in [6.45, 7) is 0.620. The van der Waals surface area contributed by atoms with Crippen molar-refractivity contribution in [3.8, 4) is 0 Å². The van der Waals surface area contributed by atoms with E-state index in [-0.39, 0.29) is 12.6 Å². The van der Waals surface area contributed by atoms with Crippen LogP contribution >= 0.6 is 11.8 Å². The van der Waals surface area contributed by atoms with Crippen LogP contribution in [-0.2, 0) is 9.53 Å². The van der Waals surface area contributed by atoms with Crippen LogP contribution < -0.4 is 10.6 Å². The van der Waals surface area contributed by atoms with Gasteiger partial charge in [0.05, 0.1) is 6.54 Å². The number of rotatable bonds is 6. The Hall–Kier alpha value is -0.950. The van der Waals surface area contributed by atoms with Gasteiger partial charge in [0.1, 0.15) is 0 Å². The summed E-state index contributed by atoms with van der Waals surface area (Å²) in [7, 11) is 1.30. The molecule has 0 aromatic rings. The summed E-state index contributed by atoms with van der Waals surface area (Å²) in [5.74, 6) is 1.76. The van der Waals surface area contributed by atoms with Gasteiger partial charge in [0.2, 0.25) is 0 Å². The second kappa shape index (κ2) is 8.20. The van der Waals surface area contributed by atoms with Gasteiger partial charge in [-0.3, -0.25) is 0 Å². The van der Waals surface area contributed by atoms with Gasteiger partial charge in [0.15, 0.2) is 6.10 Å². The molecule has 0 aromatic heterocycles. The topological polar surface area (TPSA) is 87.7 Å². The van der Waals surface area contributed by atoms with Crippen LogP contribution in [0.15, 0.2) is 0 Å². The van der Waals surface area contributed by atoms with E-state index in [1.54, 1.807) is 0 Å². The van der Waals surface area contributed by atoms with Crippen molar-refractivity contribution in [2.45, 2.75) is 18.9 Å². The highest BCUT2D eigenvalue weighted by molar-refractivity contribution is 7.99. The molecule has 1 heterocycles. The molecule has 6 nitrogen and oxygen atoms in total. The Kier molecular flexibility index (Phi) is 6.89. The lowest BCUT2D eigenvalue weighted by atomic mass is 10.0. The van der Waals surface area contributed by atoms with E-state index < -0.39 is 12.1 Å². The van der Waals surface area contributed by atoms with Crippen LogP contribution in [0.5, 0.6) is 0 Å². The third kappa shape index (κ3) is 5.59. The maximum absolute atomic E-state index is 11.5. The van der Waals surface area contributed by atoms with E-state index in [1.165, 1.54) is 7.11 Å². The first-order valence-electron chi connectivity index (χ1n) is 5.98. The van der Waals surface area contributed by atoms with Crippen molar-refractivity contribution in [1.82, 2.24) is 10.6 Å². The quantitative estimate of drug-likeness (QED) is 0.658. The van der Waals surface area contributed by atoms with Crippen LogP contribution in [0.25, 0.3) is 0 Å². The lowest BCUT2D eigenvalue weighted by Gasteiger charge is -2.21. The number of nitrogens with one attached hydrogen (secondary N) is 2. The number of aliphatic carboxylic acids is 1. The van der Waals surface area contributed by atoms with Gasteiger partial charge in [-0.05, 0) is 30.3 Å². The van der Waals surface area contributed by atoms with Crippen molar-refractivity contribution < 1.29 is 19.4 Å². The monoisotopic (exact) mass is 276 g/mol. The molecule has 1 saturated heterocycles. The summed E-state index contributed by atoms with van der Waals surface area (Å²) in [5, 5.41) is 14.0. The summed E-state index contributed by atoms with van der Waals surface area (Å²) < 4.78 is 4.71. The fourth-order valence-corrected chi connectivity index (χ4v) is 2.91. The van der Waals surface area contributed by atoms with Crippen LogP contribution in [0.1, 0.15) is 12.8 Å². The van der Waals surface area contributed by atoms with E-state index in [0.29, 0.717) is 12.5 Å². The first-order valence-corrected chi connectivity index (χ1v) is 7.14. The maximum atomic E-state index is 11.5. The molecule has 0 bridgehead atoms. The smallest absolute Gasteiger partial charge is 0.334 e. The van der Waals surface area contributed by atoms with E-state index in [9.17, 15) is 9.59 Å². The summed E-state index contributed by atoms with van der Waals surface area (Å²) in [4.78, 5) is 22.1. The summed E-state index contributed by atoms with van der Waals surface area (Å²) in [6, 6.07) is -0.337. The predicted octanol–water partition coefficient (Wildman–Crippen LogP) is 0.528. The SMILES string of the molecule is COC(CNC(=O)NCC1CCSCC1)C(=O)O. The van der Waals surface area contributed by atoms with Crippen molar-refractivity contribution in [2.75, 3.05) is 31.7 Å². The highest BCUT2D eigenvalue weighted by Crippen LogP contribution is 2.21. The normalized spacial score (nSPS) is 18.1. The average Bonchev–Trinajstić information content (AvgIpc) is 2.38. The van der Waals surface area contributed by atoms with Gasteiger partial charge in [-0.2, -0.15) is 11.8 Å². The molecule has 0 radical (unpaired) electrons. The Morgan fingerprint density at radius 3 is 2.61 bits per heavy atom. The average molecular weight is 276 g/mol. The maximum Gasteiger partial charge on any atom is 0.334 e. The predicted molar refractivity (Wildman–Crippen MR) is 69.9 cm³/mol. The number of carbonyl (C=O) groups excluding carboxylic acids is 1. The first kappa shape index (κ1) is 15.1. The zero-order chi connectivity index (χ0) is 13.4. The lowest BCUT2D eigenvalue weighted by Crippen LogP contribution is -2.44. The van der Waals surface area contributed by atoms with Crippen LogP contribution in [0.2, 0.25) is 0 Å². The standard InChI is InChI=1S/C11H20N2O4S/c1-17-9(10(14)15)7-13-11(16)12-6-8-2-4-18-5-3-8/h8-9H,2-7H2,1H3,(H,14,15)(H2,12,13,16). The van der Waals surface area contributed by atoms with Gasteiger partial charge >= 0.3 is 12.0 Å². The fourth-order valence-electron chi connectivity index (χ4n) is 1.71. The first-order chi connectivity index (χ1) is 8.63. The second-order valence-corrected chi connectivity index (χ2v) is 5.43. The molecule has 104 valence electrons. The number of methoxy groups -OCH3 is 1. The minimum absolute atomic E-state index is 0.0296. The zero-order valence-electron chi connectivity index (χ0n) is 10.5. The van der Waals surface area contributed by atoms with Gasteiger partial charge in [0, 0.05) is 13.7 Å². The van der Waals surface area contributed by atoms with Crippen molar-refractivity contribution >= 4 is 23.8 Å². The minimum atomic E-state index is -1.08. The molecule has 0 spiro atoms. The van der Waals surface area contributed by atoms with Crippen LogP contribution in [0.3, 0.4) is 0 Å². The molecule has 1 aliphatic heterocycles. The molecule has 3 N–H and O–H groups in total. The number of urea groups is 1. The molecule has 0 saturated carbocycles. The Bertz CT molecular complexity index is 282. The summed E-state index contributed by atoms with van der Waals surface area (Å²) in [5.41, 5.74) is 0. The fraction of sp³-hybridized carbons (Fsp3) is 0.818. The van der Waals surface area contributed by atoms with Crippen molar-refractivity contribution in [1.29, 1.82) is 0 Å². The molecule has 0 aromatic carbocycles. The number of hydrogen-bond donors (Lipinski definition) is 3. The summed E-state index contributed by atoms with van der Waals surface area (Å²) >= 11 is 1.94. The van der Waals surface area contributed by atoms with Gasteiger partial charge in [0.25, 0.3) is 0 Å². The van der Waals surface area contributed by atoms with Crippen LogP contribution in [0.4, 0.5) is 4.79 Å². The number of carboxylic acids is 1. The van der Waals surface area contributed by atoms with E-state index in [4.69, 9.17) is 9.84 Å². The van der Waals surface area contributed by atoms with Gasteiger partial charge in [-0.15, -0.1) is 0 Å². The Morgan fingerprint density at radius 1 is 1.39 bits per heavy atom. The van der Waals surface area contributed by atoms with Gasteiger partial charge in [-0.25, -0.2) is 9.59 Å². The largest absolute Gasteiger partial charge is 0.479 e. The Balaban J connectivity index is 2.14. The highest BCUT2D eigenvalue weighted by Gasteiger charge is 2.18. The van der Waals surface area contributed by atoms with Crippen LogP contribution in [-0.4, -0.2) is 54.9 Å². The molecular weight excluding hydrogens is 256 g/mol. The lowest BCUT2D eigenvalue weighted by molar-refractivity contribution is -0.147. The van der Waals surface area contributed by atoms with E-state index in [0.717, 1.165) is 24.3 Å². The molecule has 18 heavy (non-hydrogen) atoms. The molecule has 7 heteroatoms. The molecular formula is C11H20N2O4S. The van der Waals surface area contributed by atoms with Gasteiger partial charge < -0.3 is 20.5 Å². The summed E-state index contributed by atoms with van der Waals surface area (Å²) in [6.07, 6.45) is 1.25.